The zero-order valence-electron chi connectivity index (χ0n) is 8.91. The molecule has 2 rings (SSSR count). The van der Waals surface area contributed by atoms with Gasteiger partial charge in [0.2, 0.25) is 5.91 Å². The third-order valence-electron chi connectivity index (χ3n) is 2.21. The van der Waals surface area contributed by atoms with Crippen LogP contribution in [0, 0.1) is 0 Å². The Hall–Kier alpha value is -1.46. The van der Waals surface area contributed by atoms with Gasteiger partial charge >= 0.3 is 0 Å². The van der Waals surface area contributed by atoms with Gasteiger partial charge < -0.3 is 4.90 Å². The summed E-state index contributed by atoms with van der Waals surface area (Å²) in [4.78, 5) is 13.4. The number of rotatable bonds is 4. The Labute approximate surface area is 108 Å². The van der Waals surface area contributed by atoms with Crippen LogP contribution in [0.25, 0.3) is 0 Å². The van der Waals surface area contributed by atoms with E-state index in [1.807, 2.05) is 35.7 Å². The summed E-state index contributed by atoms with van der Waals surface area (Å²) in [7, 11) is 0. The first-order valence-corrected chi connectivity index (χ1v) is 6.35. The van der Waals surface area contributed by atoms with Crippen molar-refractivity contribution in [2.24, 2.45) is 0 Å². The van der Waals surface area contributed by atoms with Gasteiger partial charge in [-0.25, -0.2) is 0 Å². The Morgan fingerprint density at radius 2 is 2.12 bits per heavy atom. The first kappa shape index (κ1) is 12.0. The molecule has 0 aliphatic carbocycles. The maximum Gasteiger partial charge on any atom is 0.242 e. The number of hydrogen-bond donors (Lipinski definition) is 0. The second-order valence-electron chi connectivity index (χ2n) is 3.35. The lowest BCUT2D eigenvalue weighted by Gasteiger charge is -2.20. The minimum atomic E-state index is -0.147. The summed E-state index contributed by atoms with van der Waals surface area (Å²) in [5.74, 6) is -0.196. The highest BCUT2D eigenvalue weighted by Gasteiger charge is 2.15. The van der Waals surface area contributed by atoms with Crippen LogP contribution < -0.4 is 4.90 Å². The van der Waals surface area contributed by atoms with Crippen LogP contribution >= 0.6 is 23.1 Å². The fourth-order valence-electron chi connectivity index (χ4n) is 1.42. The number of carbonyl (C=O) groups is 1. The van der Waals surface area contributed by atoms with E-state index in [0.29, 0.717) is 6.54 Å². The van der Waals surface area contributed by atoms with Crippen molar-refractivity contribution < 1.29 is 4.79 Å². The first-order chi connectivity index (χ1) is 8.31. The van der Waals surface area contributed by atoms with E-state index in [2.05, 4.69) is 9.59 Å². The molecule has 88 valence electrons. The molecular weight excluding hydrogens is 258 g/mol. The number of hydrogen-bond acceptors (Lipinski definition) is 4. The fraction of sp³-hybridized carbons (Fsp3) is 0.182. The number of amides is 1. The summed E-state index contributed by atoms with van der Waals surface area (Å²) < 4.78 is 3.77. The predicted molar refractivity (Wildman–Crippen MR) is 68.3 cm³/mol. The van der Waals surface area contributed by atoms with Gasteiger partial charge in [-0.15, -0.1) is 16.7 Å². The van der Waals surface area contributed by atoms with Gasteiger partial charge in [0.25, 0.3) is 0 Å². The molecule has 1 aromatic carbocycles. The van der Waals surface area contributed by atoms with Crippen LogP contribution in [0.2, 0.25) is 0 Å². The smallest absolute Gasteiger partial charge is 0.242 e. The summed E-state index contributed by atoms with van der Waals surface area (Å²) in [5, 5.41) is 5.75. The van der Waals surface area contributed by atoms with Crippen molar-refractivity contribution in [3.05, 3.63) is 41.4 Å². The summed E-state index contributed by atoms with van der Waals surface area (Å²) in [5.41, 5.74) is 1.57. The Bertz CT molecular complexity index is 475. The molecule has 17 heavy (non-hydrogen) atoms. The average Bonchev–Trinajstić information content (AvgIpc) is 2.89. The molecule has 1 amide bonds. The molecule has 0 spiro atoms. The van der Waals surface area contributed by atoms with Crippen molar-refractivity contribution in [3.63, 3.8) is 0 Å². The van der Waals surface area contributed by atoms with Gasteiger partial charge in [0.1, 0.15) is 5.88 Å². The van der Waals surface area contributed by atoms with E-state index < -0.39 is 0 Å². The Morgan fingerprint density at radius 1 is 1.35 bits per heavy atom. The number of nitrogens with zero attached hydrogens (tertiary/aromatic N) is 3. The maximum absolute atomic E-state index is 11.8. The van der Waals surface area contributed by atoms with Crippen molar-refractivity contribution in [1.82, 2.24) is 9.59 Å². The van der Waals surface area contributed by atoms with Crippen LogP contribution in [0.15, 0.2) is 35.7 Å². The minimum absolute atomic E-state index is 0.0491. The molecule has 0 aliphatic rings. The first-order valence-electron chi connectivity index (χ1n) is 4.98. The highest BCUT2D eigenvalue weighted by Crippen LogP contribution is 2.17. The molecule has 0 saturated heterocycles. The van der Waals surface area contributed by atoms with E-state index in [1.165, 1.54) is 11.5 Å². The molecule has 0 bridgehead atoms. The molecule has 0 aliphatic heterocycles. The van der Waals surface area contributed by atoms with E-state index in [4.69, 9.17) is 11.6 Å². The molecule has 0 N–H and O–H groups in total. The second-order valence-corrected chi connectivity index (χ2v) is 4.22. The molecule has 0 saturated carbocycles. The van der Waals surface area contributed by atoms with E-state index >= 15 is 0 Å². The van der Waals surface area contributed by atoms with Gasteiger partial charge in [-0.1, -0.05) is 22.7 Å². The highest BCUT2D eigenvalue weighted by atomic mass is 35.5. The van der Waals surface area contributed by atoms with Gasteiger partial charge in [0, 0.05) is 11.1 Å². The molecule has 0 fully saturated rings. The van der Waals surface area contributed by atoms with Crippen LogP contribution in [0.4, 0.5) is 5.69 Å². The van der Waals surface area contributed by atoms with Crippen LogP contribution in [-0.4, -0.2) is 21.4 Å². The van der Waals surface area contributed by atoms with E-state index in [0.717, 1.165) is 11.4 Å². The fourth-order valence-corrected chi connectivity index (χ4v) is 2.01. The van der Waals surface area contributed by atoms with Crippen LogP contribution in [0.5, 0.6) is 0 Å². The number of para-hydroxylation sites is 1. The number of anilines is 1. The van der Waals surface area contributed by atoms with Gasteiger partial charge in [0.15, 0.2) is 0 Å². The summed E-state index contributed by atoms with van der Waals surface area (Å²) in [6.45, 7) is 0.395. The standard InChI is InChI=1S/C11H10ClN3OS/c12-6-11(16)15(7-9-8-17-14-13-9)10-4-2-1-3-5-10/h1-5,8H,6-7H2. The zero-order valence-corrected chi connectivity index (χ0v) is 10.5. The molecule has 0 atom stereocenters. The van der Waals surface area contributed by atoms with E-state index in [9.17, 15) is 4.79 Å². The van der Waals surface area contributed by atoms with Crippen LogP contribution in [0.1, 0.15) is 5.69 Å². The Kier molecular flexibility index (Phi) is 4.06. The van der Waals surface area contributed by atoms with E-state index in [-0.39, 0.29) is 11.8 Å². The normalized spacial score (nSPS) is 10.2. The predicted octanol–water partition coefficient (Wildman–Crippen LogP) is 2.31. The molecule has 6 heteroatoms. The number of halogens is 1. The topological polar surface area (TPSA) is 46.1 Å². The zero-order chi connectivity index (χ0) is 12.1. The molecule has 1 heterocycles. The van der Waals surface area contributed by atoms with Gasteiger partial charge in [0.05, 0.1) is 12.2 Å². The molecular formula is C11H10ClN3OS. The summed E-state index contributed by atoms with van der Waals surface area (Å²) in [6, 6.07) is 9.39. The van der Waals surface area contributed by atoms with Gasteiger partial charge in [-0.05, 0) is 23.7 Å². The Balaban J connectivity index is 2.23. The Morgan fingerprint density at radius 3 is 2.71 bits per heavy atom. The number of aromatic nitrogens is 2. The number of alkyl halides is 1. The monoisotopic (exact) mass is 267 g/mol. The molecule has 0 unspecified atom stereocenters. The molecule has 0 radical (unpaired) electrons. The third-order valence-corrected chi connectivity index (χ3v) is 2.99. The largest absolute Gasteiger partial charge is 0.305 e. The quantitative estimate of drug-likeness (QED) is 0.799. The number of benzene rings is 1. The SMILES string of the molecule is O=C(CCl)N(Cc1csnn1)c1ccccc1. The van der Waals surface area contributed by atoms with Gasteiger partial charge in [-0.3, -0.25) is 4.79 Å². The van der Waals surface area contributed by atoms with Crippen molar-refractivity contribution in [2.45, 2.75) is 6.54 Å². The second kappa shape index (κ2) is 5.75. The highest BCUT2D eigenvalue weighted by molar-refractivity contribution is 7.03. The lowest BCUT2D eigenvalue weighted by Crippen LogP contribution is -2.31. The summed E-state index contributed by atoms with van der Waals surface area (Å²) in [6.07, 6.45) is 0. The lowest BCUT2D eigenvalue weighted by atomic mass is 10.2. The number of carbonyl (C=O) groups excluding carboxylic acids is 1. The van der Waals surface area contributed by atoms with Crippen molar-refractivity contribution in [3.8, 4) is 0 Å². The maximum atomic E-state index is 11.8. The third kappa shape index (κ3) is 3.01. The van der Waals surface area contributed by atoms with Crippen molar-refractivity contribution in [1.29, 1.82) is 0 Å². The van der Waals surface area contributed by atoms with Gasteiger partial charge in [-0.2, -0.15) is 0 Å². The van der Waals surface area contributed by atoms with Crippen LogP contribution in [-0.2, 0) is 11.3 Å². The van der Waals surface area contributed by atoms with Crippen molar-refractivity contribution in [2.75, 3.05) is 10.8 Å². The average molecular weight is 268 g/mol. The lowest BCUT2D eigenvalue weighted by molar-refractivity contribution is -0.116. The molecule has 4 nitrogen and oxygen atoms in total. The summed E-state index contributed by atoms with van der Waals surface area (Å²) >= 11 is 6.88. The van der Waals surface area contributed by atoms with Crippen LogP contribution in [0.3, 0.4) is 0 Å². The van der Waals surface area contributed by atoms with Crippen molar-refractivity contribution >= 4 is 34.7 Å². The molecule has 2 aromatic rings. The molecule has 1 aromatic heterocycles. The minimum Gasteiger partial charge on any atom is -0.305 e. The van der Waals surface area contributed by atoms with E-state index in [1.54, 1.807) is 4.90 Å².